The maximum absolute atomic E-state index is 11.5. The number of carbonyl (C=O) groups excluding carboxylic acids is 1. The second-order valence-electron chi connectivity index (χ2n) is 10.9. The Morgan fingerprint density at radius 1 is 1.17 bits per heavy atom. The molecule has 8 heteroatoms. The first-order valence-electron chi connectivity index (χ1n) is 13.2. The van der Waals surface area contributed by atoms with Gasteiger partial charge in [-0.2, -0.15) is 4.98 Å². The Bertz CT molecular complexity index is 1030. The molecule has 196 valence electrons. The van der Waals surface area contributed by atoms with Crippen LogP contribution < -0.4 is 19.7 Å². The van der Waals surface area contributed by atoms with Crippen LogP contribution in [0.2, 0.25) is 0 Å². The molecule has 2 fully saturated rings. The molecule has 2 aliphatic rings. The largest absolute Gasteiger partial charge is 0.495 e. The summed E-state index contributed by atoms with van der Waals surface area (Å²) < 4.78 is 11.7. The molecule has 8 nitrogen and oxygen atoms in total. The molecule has 1 aliphatic carbocycles. The van der Waals surface area contributed by atoms with Crippen molar-refractivity contribution in [3.63, 3.8) is 0 Å². The Kier molecular flexibility index (Phi) is 8.34. The van der Waals surface area contributed by atoms with E-state index in [0.717, 1.165) is 37.0 Å². The molecule has 0 atom stereocenters. The molecule has 1 aromatic carbocycles. The number of aldehydes is 1. The standard InChI is InChI=1S/C28H41N5O3/c1-28(2,19-34)36-25-18-29-27(31-26(25)33(4)22-8-6-7-9-22)30-23-11-10-21(17-24(23)35-5)16-20-12-14-32(3)15-13-20/h10-11,17-20,22H,6-9,12-16H2,1-5H3,(H,29,30,31). The molecule has 36 heavy (non-hydrogen) atoms. The predicted octanol–water partition coefficient (Wildman–Crippen LogP) is 4.85. The average molecular weight is 496 g/mol. The van der Waals surface area contributed by atoms with Crippen molar-refractivity contribution >= 4 is 23.7 Å². The van der Waals surface area contributed by atoms with E-state index in [1.165, 1.54) is 44.3 Å². The molecular weight excluding hydrogens is 454 g/mol. The lowest BCUT2D eigenvalue weighted by Gasteiger charge is -2.29. The topological polar surface area (TPSA) is 79.8 Å². The normalized spacial score (nSPS) is 17.7. The van der Waals surface area contributed by atoms with E-state index < -0.39 is 5.60 Å². The van der Waals surface area contributed by atoms with Gasteiger partial charge in [0, 0.05) is 13.1 Å². The Labute approximate surface area is 215 Å². The highest BCUT2D eigenvalue weighted by molar-refractivity contribution is 5.66. The lowest BCUT2D eigenvalue weighted by molar-refractivity contribution is -0.118. The number of nitrogens with zero attached hydrogens (tertiary/aromatic N) is 4. The summed E-state index contributed by atoms with van der Waals surface area (Å²) >= 11 is 0. The Balaban J connectivity index is 1.55. The van der Waals surface area contributed by atoms with Crippen LogP contribution in [0.1, 0.15) is 57.9 Å². The van der Waals surface area contributed by atoms with Crippen LogP contribution in [-0.2, 0) is 11.2 Å². The maximum Gasteiger partial charge on any atom is 0.229 e. The summed E-state index contributed by atoms with van der Waals surface area (Å²) in [4.78, 5) is 25.4. The van der Waals surface area contributed by atoms with Crippen molar-refractivity contribution in [2.45, 2.75) is 70.4 Å². The van der Waals surface area contributed by atoms with Gasteiger partial charge in [0.25, 0.3) is 0 Å². The van der Waals surface area contributed by atoms with E-state index >= 15 is 0 Å². The minimum atomic E-state index is -0.962. The van der Waals surface area contributed by atoms with Gasteiger partial charge in [-0.25, -0.2) is 4.98 Å². The van der Waals surface area contributed by atoms with Gasteiger partial charge < -0.3 is 24.6 Å². The monoisotopic (exact) mass is 495 g/mol. The van der Waals surface area contributed by atoms with Gasteiger partial charge in [0.05, 0.1) is 19.0 Å². The first kappa shape index (κ1) is 26.2. The number of methoxy groups -OCH3 is 1. The first-order valence-corrected chi connectivity index (χ1v) is 13.2. The number of anilines is 3. The molecule has 2 heterocycles. The summed E-state index contributed by atoms with van der Waals surface area (Å²) in [7, 11) is 5.93. The average Bonchev–Trinajstić information content (AvgIpc) is 3.42. The number of likely N-dealkylation sites (tertiary alicyclic amines) is 1. The minimum Gasteiger partial charge on any atom is -0.495 e. The second-order valence-corrected chi connectivity index (χ2v) is 10.9. The number of carbonyl (C=O) groups is 1. The van der Waals surface area contributed by atoms with Gasteiger partial charge in [0.2, 0.25) is 5.95 Å². The van der Waals surface area contributed by atoms with Crippen molar-refractivity contribution in [3.05, 3.63) is 30.0 Å². The summed E-state index contributed by atoms with van der Waals surface area (Å²) in [5.74, 6) is 3.15. The number of piperidine rings is 1. The number of rotatable bonds is 10. The zero-order valence-corrected chi connectivity index (χ0v) is 22.4. The van der Waals surface area contributed by atoms with Crippen LogP contribution >= 0.6 is 0 Å². The molecule has 0 unspecified atom stereocenters. The summed E-state index contributed by atoms with van der Waals surface area (Å²) in [6, 6.07) is 6.73. The summed E-state index contributed by atoms with van der Waals surface area (Å²) in [6.45, 7) is 5.81. The molecule has 0 bridgehead atoms. The fraction of sp³-hybridized carbons (Fsp3) is 0.607. The van der Waals surface area contributed by atoms with E-state index in [-0.39, 0.29) is 0 Å². The Morgan fingerprint density at radius 2 is 1.89 bits per heavy atom. The maximum atomic E-state index is 11.5. The van der Waals surface area contributed by atoms with Crippen molar-refractivity contribution in [3.8, 4) is 11.5 Å². The van der Waals surface area contributed by atoms with E-state index in [1.807, 2.05) is 13.1 Å². The molecule has 1 saturated carbocycles. The van der Waals surface area contributed by atoms with Crippen molar-refractivity contribution in [1.82, 2.24) is 14.9 Å². The summed E-state index contributed by atoms with van der Waals surface area (Å²) in [6.07, 6.45) is 10.6. The minimum absolute atomic E-state index is 0.392. The van der Waals surface area contributed by atoms with Crippen LogP contribution in [0, 0.1) is 5.92 Å². The fourth-order valence-corrected chi connectivity index (χ4v) is 5.20. The van der Waals surface area contributed by atoms with Crippen molar-refractivity contribution < 1.29 is 14.3 Å². The van der Waals surface area contributed by atoms with Gasteiger partial charge in [-0.1, -0.05) is 18.9 Å². The van der Waals surface area contributed by atoms with E-state index in [2.05, 4.69) is 39.3 Å². The summed E-state index contributed by atoms with van der Waals surface area (Å²) in [5.41, 5.74) is 1.14. The fourth-order valence-electron chi connectivity index (χ4n) is 5.20. The number of aromatic nitrogens is 2. The molecule has 1 aliphatic heterocycles. The van der Waals surface area contributed by atoms with E-state index in [9.17, 15) is 4.79 Å². The molecule has 2 aromatic rings. The van der Waals surface area contributed by atoms with E-state index in [0.29, 0.717) is 29.5 Å². The highest BCUT2D eigenvalue weighted by atomic mass is 16.5. The Morgan fingerprint density at radius 3 is 2.56 bits per heavy atom. The van der Waals surface area contributed by atoms with E-state index in [4.69, 9.17) is 14.5 Å². The van der Waals surface area contributed by atoms with Crippen molar-refractivity contribution in [2.75, 3.05) is 44.5 Å². The predicted molar refractivity (Wildman–Crippen MR) is 144 cm³/mol. The van der Waals surface area contributed by atoms with Crippen LogP contribution in [0.25, 0.3) is 0 Å². The summed E-state index contributed by atoms with van der Waals surface area (Å²) in [5, 5.41) is 3.34. The van der Waals surface area contributed by atoms with Gasteiger partial charge in [0.1, 0.15) is 5.75 Å². The molecular formula is C28H41N5O3. The molecule has 0 radical (unpaired) electrons. The quantitative estimate of drug-likeness (QED) is 0.469. The molecule has 0 spiro atoms. The van der Waals surface area contributed by atoms with Crippen LogP contribution in [0.3, 0.4) is 0 Å². The Hall–Kier alpha value is -2.87. The third-order valence-corrected chi connectivity index (χ3v) is 7.47. The first-order chi connectivity index (χ1) is 17.3. The zero-order valence-electron chi connectivity index (χ0n) is 22.4. The third-order valence-electron chi connectivity index (χ3n) is 7.47. The van der Waals surface area contributed by atoms with Gasteiger partial charge in [-0.15, -0.1) is 0 Å². The second kappa shape index (κ2) is 11.5. The molecule has 1 saturated heterocycles. The zero-order chi connectivity index (χ0) is 25.7. The lowest BCUT2D eigenvalue weighted by atomic mass is 9.90. The number of hydrogen-bond acceptors (Lipinski definition) is 8. The SMILES string of the molecule is COc1cc(CC2CCN(C)CC2)ccc1Nc1ncc(OC(C)(C)C=O)c(N(C)C2CCCC2)n1. The number of benzene rings is 1. The van der Waals surface area contributed by atoms with Crippen LogP contribution in [0.15, 0.2) is 24.4 Å². The highest BCUT2D eigenvalue weighted by Gasteiger charge is 2.27. The van der Waals surface area contributed by atoms with Crippen LogP contribution in [-0.4, -0.2) is 67.1 Å². The van der Waals surface area contributed by atoms with Crippen molar-refractivity contribution in [2.24, 2.45) is 5.92 Å². The number of ether oxygens (including phenoxy) is 2. The molecule has 4 rings (SSSR count). The van der Waals surface area contributed by atoms with Gasteiger partial charge in [-0.05, 0) is 89.7 Å². The highest BCUT2D eigenvalue weighted by Crippen LogP contribution is 2.35. The van der Waals surface area contributed by atoms with Crippen LogP contribution in [0.5, 0.6) is 11.5 Å². The number of nitrogens with one attached hydrogen (secondary N) is 1. The van der Waals surface area contributed by atoms with Gasteiger partial charge in [-0.3, -0.25) is 4.79 Å². The van der Waals surface area contributed by atoms with Gasteiger partial charge in [0.15, 0.2) is 23.5 Å². The van der Waals surface area contributed by atoms with Crippen LogP contribution in [0.4, 0.5) is 17.5 Å². The van der Waals surface area contributed by atoms with Crippen molar-refractivity contribution in [1.29, 1.82) is 0 Å². The lowest BCUT2D eigenvalue weighted by Crippen LogP contribution is -2.34. The number of hydrogen-bond donors (Lipinski definition) is 1. The third kappa shape index (κ3) is 6.46. The van der Waals surface area contributed by atoms with Gasteiger partial charge >= 0.3 is 0 Å². The molecule has 1 aromatic heterocycles. The molecule has 0 amide bonds. The van der Waals surface area contributed by atoms with E-state index in [1.54, 1.807) is 27.2 Å². The smallest absolute Gasteiger partial charge is 0.229 e. The molecule has 1 N–H and O–H groups in total.